The molecule has 6 heteroatoms. The molecule has 0 radical (unpaired) electrons. The summed E-state index contributed by atoms with van der Waals surface area (Å²) < 4.78 is 16.8. The Morgan fingerprint density at radius 1 is 1.18 bits per heavy atom. The van der Waals surface area contributed by atoms with Gasteiger partial charge in [0.25, 0.3) is 0 Å². The zero-order valence-corrected chi connectivity index (χ0v) is 17.8. The zero-order chi connectivity index (χ0) is 20.0. The van der Waals surface area contributed by atoms with Gasteiger partial charge in [-0.25, -0.2) is 0 Å². The molecule has 0 amide bonds. The summed E-state index contributed by atoms with van der Waals surface area (Å²) in [6.07, 6.45) is 5.61. The molecule has 1 aromatic carbocycles. The largest absolute Gasteiger partial charge is 0.494 e. The molecule has 28 heavy (non-hydrogen) atoms. The highest BCUT2D eigenvalue weighted by Crippen LogP contribution is 2.16. The summed E-state index contributed by atoms with van der Waals surface area (Å²) in [6.45, 7) is 7.17. The SMILES string of the molecule is CCCCOc1cccc(CNC(=NC)N2CCC(OCCCOC)CC2)c1. The van der Waals surface area contributed by atoms with Crippen LogP contribution in [0, 0.1) is 0 Å². The van der Waals surface area contributed by atoms with Crippen LogP contribution in [0.15, 0.2) is 29.3 Å². The molecule has 1 aliphatic rings. The van der Waals surface area contributed by atoms with Crippen LogP contribution in [0.1, 0.15) is 44.6 Å². The third-order valence-corrected chi connectivity index (χ3v) is 4.92. The molecule has 0 aliphatic carbocycles. The Morgan fingerprint density at radius 3 is 2.71 bits per heavy atom. The lowest BCUT2D eigenvalue weighted by atomic mass is 10.1. The first kappa shape index (κ1) is 22.5. The molecule has 2 rings (SSSR count). The smallest absolute Gasteiger partial charge is 0.193 e. The topological polar surface area (TPSA) is 55.3 Å². The van der Waals surface area contributed by atoms with Crippen molar-refractivity contribution in [1.82, 2.24) is 10.2 Å². The number of hydrogen-bond acceptors (Lipinski definition) is 4. The Bertz CT molecular complexity index is 572. The highest BCUT2D eigenvalue weighted by atomic mass is 16.5. The standard InChI is InChI=1S/C22H37N3O3/c1-4-5-15-28-21-9-6-8-19(17-21)18-24-22(23-2)25-12-10-20(11-13-25)27-16-7-14-26-3/h6,8-9,17,20H,4-5,7,10-16,18H2,1-3H3,(H,23,24). The second-order valence-electron chi connectivity index (χ2n) is 7.15. The van der Waals surface area contributed by atoms with Gasteiger partial charge in [-0.3, -0.25) is 4.99 Å². The fourth-order valence-corrected chi connectivity index (χ4v) is 3.28. The molecule has 0 bridgehead atoms. The second kappa shape index (κ2) is 13.4. The molecule has 6 nitrogen and oxygen atoms in total. The number of likely N-dealkylation sites (tertiary alicyclic amines) is 1. The number of ether oxygens (including phenoxy) is 3. The maximum absolute atomic E-state index is 5.95. The zero-order valence-electron chi connectivity index (χ0n) is 17.8. The Labute approximate surface area is 170 Å². The van der Waals surface area contributed by atoms with Crippen molar-refractivity contribution in [2.45, 2.75) is 51.7 Å². The lowest BCUT2D eigenvalue weighted by molar-refractivity contribution is 0.00989. The van der Waals surface area contributed by atoms with E-state index in [0.717, 1.165) is 83.3 Å². The molecular weight excluding hydrogens is 354 g/mol. The molecule has 1 heterocycles. The maximum atomic E-state index is 5.95. The minimum Gasteiger partial charge on any atom is -0.494 e. The van der Waals surface area contributed by atoms with Crippen LogP contribution in [0.3, 0.4) is 0 Å². The van der Waals surface area contributed by atoms with Crippen molar-refractivity contribution in [3.05, 3.63) is 29.8 Å². The number of rotatable bonds is 11. The predicted octanol–water partition coefficient (Wildman–Crippen LogP) is 3.46. The van der Waals surface area contributed by atoms with Crippen LogP contribution >= 0.6 is 0 Å². The van der Waals surface area contributed by atoms with Gasteiger partial charge in [0, 0.05) is 47.0 Å². The van der Waals surface area contributed by atoms with E-state index in [1.807, 2.05) is 19.2 Å². The highest BCUT2D eigenvalue weighted by Gasteiger charge is 2.21. The van der Waals surface area contributed by atoms with Crippen LogP contribution in [-0.2, 0) is 16.0 Å². The summed E-state index contributed by atoms with van der Waals surface area (Å²) in [7, 11) is 3.58. The number of nitrogens with one attached hydrogen (secondary N) is 1. The normalized spacial score (nSPS) is 15.7. The Balaban J connectivity index is 1.74. The number of hydrogen-bond donors (Lipinski definition) is 1. The van der Waals surface area contributed by atoms with Gasteiger partial charge in [0.05, 0.1) is 12.7 Å². The average molecular weight is 392 g/mol. The van der Waals surface area contributed by atoms with Gasteiger partial charge in [-0.15, -0.1) is 0 Å². The maximum Gasteiger partial charge on any atom is 0.193 e. The third-order valence-electron chi connectivity index (χ3n) is 4.92. The van der Waals surface area contributed by atoms with E-state index in [1.54, 1.807) is 7.11 Å². The van der Waals surface area contributed by atoms with Crippen LogP contribution in [-0.4, -0.2) is 64.0 Å². The van der Waals surface area contributed by atoms with Gasteiger partial charge in [-0.2, -0.15) is 0 Å². The molecule has 1 N–H and O–H groups in total. The molecule has 0 saturated carbocycles. The minimum atomic E-state index is 0.350. The molecule has 0 aromatic heterocycles. The van der Waals surface area contributed by atoms with Gasteiger partial charge in [0.2, 0.25) is 0 Å². The van der Waals surface area contributed by atoms with Crippen molar-refractivity contribution in [2.75, 3.05) is 47.1 Å². The Hall–Kier alpha value is -1.79. The van der Waals surface area contributed by atoms with Gasteiger partial charge in [0.15, 0.2) is 5.96 Å². The van der Waals surface area contributed by atoms with Gasteiger partial charge in [-0.1, -0.05) is 25.5 Å². The summed E-state index contributed by atoms with van der Waals surface area (Å²) in [5.41, 5.74) is 1.20. The number of nitrogens with zero attached hydrogens (tertiary/aromatic N) is 2. The third kappa shape index (κ3) is 8.07. The summed E-state index contributed by atoms with van der Waals surface area (Å²) in [4.78, 5) is 6.78. The second-order valence-corrected chi connectivity index (χ2v) is 7.15. The monoisotopic (exact) mass is 391 g/mol. The number of guanidine groups is 1. The van der Waals surface area contributed by atoms with Crippen molar-refractivity contribution >= 4 is 5.96 Å². The number of unbranched alkanes of at least 4 members (excludes halogenated alkanes) is 1. The molecular formula is C22H37N3O3. The van der Waals surface area contributed by atoms with Gasteiger partial charge >= 0.3 is 0 Å². The van der Waals surface area contributed by atoms with E-state index in [9.17, 15) is 0 Å². The van der Waals surface area contributed by atoms with E-state index < -0.39 is 0 Å². The van der Waals surface area contributed by atoms with Crippen molar-refractivity contribution in [3.63, 3.8) is 0 Å². The van der Waals surface area contributed by atoms with Crippen molar-refractivity contribution < 1.29 is 14.2 Å². The molecule has 0 unspecified atom stereocenters. The average Bonchev–Trinajstić information content (AvgIpc) is 2.73. The number of piperidine rings is 1. The lowest BCUT2D eigenvalue weighted by Crippen LogP contribution is -2.46. The number of benzene rings is 1. The van der Waals surface area contributed by atoms with Crippen LogP contribution in [0.25, 0.3) is 0 Å². The molecule has 1 saturated heterocycles. The minimum absolute atomic E-state index is 0.350. The molecule has 1 aliphatic heterocycles. The van der Waals surface area contributed by atoms with E-state index in [4.69, 9.17) is 14.2 Å². The first-order valence-electron chi connectivity index (χ1n) is 10.5. The van der Waals surface area contributed by atoms with Crippen LogP contribution < -0.4 is 10.1 Å². The molecule has 1 aromatic rings. The van der Waals surface area contributed by atoms with E-state index >= 15 is 0 Å². The van der Waals surface area contributed by atoms with E-state index in [0.29, 0.717) is 6.10 Å². The van der Waals surface area contributed by atoms with Crippen LogP contribution in [0.4, 0.5) is 0 Å². The summed E-state index contributed by atoms with van der Waals surface area (Å²) in [6, 6.07) is 8.29. The molecule has 1 fully saturated rings. The summed E-state index contributed by atoms with van der Waals surface area (Å²) in [5, 5.41) is 3.49. The highest BCUT2D eigenvalue weighted by molar-refractivity contribution is 5.80. The van der Waals surface area contributed by atoms with E-state index in [1.165, 1.54) is 5.56 Å². The summed E-state index contributed by atoms with van der Waals surface area (Å²) in [5.74, 6) is 1.89. The predicted molar refractivity (Wildman–Crippen MR) is 114 cm³/mol. The molecule has 0 spiro atoms. The molecule has 0 atom stereocenters. The van der Waals surface area contributed by atoms with Crippen LogP contribution in [0.5, 0.6) is 5.75 Å². The van der Waals surface area contributed by atoms with Crippen molar-refractivity contribution in [2.24, 2.45) is 4.99 Å². The first-order chi connectivity index (χ1) is 13.8. The van der Waals surface area contributed by atoms with Crippen molar-refractivity contribution in [1.29, 1.82) is 0 Å². The van der Waals surface area contributed by atoms with Gasteiger partial charge < -0.3 is 24.4 Å². The lowest BCUT2D eigenvalue weighted by Gasteiger charge is -2.34. The summed E-state index contributed by atoms with van der Waals surface area (Å²) >= 11 is 0. The van der Waals surface area contributed by atoms with Gasteiger partial charge in [-0.05, 0) is 43.4 Å². The number of aliphatic imine (C=N–C) groups is 1. The first-order valence-corrected chi connectivity index (χ1v) is 10.5. The van der Waals surface area contributed by atoms with E-state index in [2.05, 4.69) is 34.3 Å². The van der Waals surface area contributed by atoms with Crippen LogP contribution in [0.2, 0.25) is 0 Å². The Morgan fingerprint density at radius 2 is 2.00 bits per heavy atom. The van der Waals surface area contributed by atoms with E-state index in [-0.39, 0.29) is 0 Å². The van der Waals surface area contributed by atoms with Crippen molar-refractivity contribution in [3.8, 4) is 5.75 Å². The quantitative estimate of drug-likeness (QED) is 0.356. The fraction of sp³-hybridized carbons (Fsp3) is 0.682. The number of methoxy groups -OCH3 is 1. The molecule has 158 valence electrons. The Kier molecular flexibility index (Phi) is 10.8. The van der Waals surface area contributed by atoms with Gasteiger partial charge in [0.1, 0.15) is 5.75 Å². The fourth-order valence-electron chi connectivity index (χ4n) is 3.28.